The van der Waals surface area contributed by atoms with E-state index in [1.165, 1.54) is 35.4 Å². The first-order valence-corrected chi connectivity index (χ1v) is 9.17. The summed E-state index contributed by atoms with van der Waals surface area (Å²) < 4.78 is 4.37. The van der Waals surface area contributed by atoms with E-state index in [4.69, 9.17) is 0 Å². The van der Waals surface area contributed by atoms with Gasteiger partial charge in [0.25, 0.3) is 0 Å². The Morgan fingerprint density at radius 1 is 1.28 bits per heavy atom. The minimum absolute atomic E-state index is 0.0367. The van der Waals surface area contributed by atoms with Crippen LogP contribution < -0.4 is 5.32 Å². The summed E-state index contributed by atoms with van der Waals surface area (Å²) in [5.41, 5.74) is 6.25. The third kappa shape index (κ3) is 2.97. The Kier molecular flexibility index (Phi) is 3.91. The Balaban J connectivity index is 1.55. The molecule has 3 aromatic heterocycles. The van der Waals surface area contributed by atoms with Gasteiger partial charge in [-0.25, -0.2) is 4.98 Å². The molecule has 3 aromatic rings. The summed E-state index contributed by atoms with van der Waals surface area (Å²) in [6.45, 7) is 9.57. The second-order valence-electron chi connectivity index (χ2n) is 8.14. The van der Waals surface area contributed by atoms with Crippen LogP contribution in [0.15, 0.2) is 30.7 Å². The number of pyridine rings is 1. The predicted octanol–water partition coefficient (Wildman–Crippen LogP) is 3.76. The molecule has 0 spiro atoms. The van der Waals surface area contributed by atoms with Crippen LogP contribution >= 0.6 is 0 Å². The van der Waals surface area contributed by atoms with Crippen molar-refractivity contribution in [3.63, 3.8) is 0 Å². The maximum absolute atomic E-state index is 4.68. The third-order valence-corrected chi connectivity index (χ3v) is 5.09. The molecule has 0 saturated heterocycles. The van der Waals surface area contributed by atoms with Crippen LogP contribution in [0.1, 0.15) is 62.2 Å². The average molecular weight is 337 g/mol. The van der Waals surface area contributed by atoms with Crippen LogP contribution in [0.25, 0.3) is 5.65 Å². The first-order valence-electron chi connectivity index (χ1n) is 9.17. The molecule has 132 valence electrons. The Hall–Kier alpha value is -2.14. The fourth-order valence-electron chi connectivity index (χ4n) is 3.84. The van der Waals surface area contributed by atoms with Crippen molar-refractivity contribution in [3.8, 4) is 0 Å². The largest absolute Gasteiger partial charge is 0.304 e. The van der Waals surface area contributed by atoms with Crippen molar-refractivity contribution >= 4 is 5.65 Å². The van der Waals surface area contributed by atoms with Crippen LogP contribution in [-0.4, -0.2) is 19.2 Å². The molecule has 0 unspecified atom stereocenters. The molecule has 3 heterocycles. The summed E-state index contributed by atoms with van der Waals surface area (Å²) in [6.07, 6.45) is 9.65. The number of aromatic nitrogens is 4. The number of hydrogen-bond donors (Lipinski definition) is 1. The summed E-state index contributed by atoms with van der Waals surface area (Å²) in [5.74, 6) is 0. The number of fused-ring (bicyclic) bond motifs is 2. The van der Waals surface area contributed by atoms with E-state index < -0.39 is 0 Å². The number of hydrogen-bond acceptors (Lipinski definition) is 3. The van der Waals surface area contributed by atoms with E-state index in [2.05, 4.69) is 76.7 Å². The van der Waals surface area contributed by atoms with Gasteiger partial charge in [-0.05, 0) is 64.7 Å². The van der Waals surface area contributed by atoms with Crippen LogP contribution in [0.4, 0.5) is 0 Å². The van der Waals surface area contributed by atoms with Gasteiger partial charge in [0, 0.05) is 30.0 Å². The molecule has 0 amide bonds. The lowest BCUT2D eigenvalue weighted by Gasteiger charge is -2.28. The second kappa shape index (κ2) is 5.99. The molecule has 0 aromatic carbocycles. The van der Waals surface area contributed by atoms with Gasteiger partial charge in [-0.2, -0.15) is 5.10 Å². The molecule has 0 fully saturated rings. The lowest BCUT2D eigenvalue weighted by Crippen LogP contribution is -2.29. The van der Waals surface area contributed by atoms with Gasteiger partial charge in [-0.15, -0.1) is 0 Å². The van der Waals surface area contributed by atoms with E-state index >= 15 is 0 Å². The van der Waals surface area contributed by atoms with Crippen molar-refractivity contribution in [3.05, 3.63) is 53.2 Å². The zero-order chi connectivity index (χ0) is 17.6. The Morgan fingerprint density at radius 2 is 2.12 bits per heavy atom. The van der Waals surface area contributed by atoms with E-state index in [0.29, 0.717) is 6.04 Å². The van der Waals surface area contributed by atoms with Gasteiger partial charge >= 0.3 is 0 Å². The smallest absolute Gasteiger partial charge is 0.137 e. The summed E-state index contributed by atoms with van der Waals surface area (Å²) in [6, 6.07) is 4.62. The van der Waals surface area contributed by atoms with Crippen molar-refractivity contribution < 1.29 is 0 Å². The van der Waals surface area contributed by atoms with E-state index in [-0.39, 0.29) is 5.54 Å². The van der Waals surface area contributed by atoms with Crippen LogP contribution in [0.2, 0.25) is 0 Å². The predicted molar refractivity (Wildman–Crippen MR) is 99.7 cm³/mol. The second-order valence-corrected chi connectivity index (χ2v) is 8.14. The minimum atomic E-state index is 0.0367. The topological polar surface area (TPSA) is 47.1 Å². The van der Waals surface area contributed by atoms with Crippen LogP contribution in [0.5, 0.6) is 0 Å². The van der Waals surface area contributed by atoms with Gasteiger partial charge in [0.05, 0.1) is 23.6 Å². The lowest BCUT2D eigenvalue weighted by atomic mass is 9.92. The standard InChI is InChI=1S/C20H27N5/c1-14-8-9-24-15(12-22-19(24)10-14)11-21-17-6-5-7-18-16(17)13-23-25(18)20(2,3)4/h8-10,12-13,17,21H,5-7,11H2,1-4H3/t17-/m1/s1. The first kappa shape index (κ1) is 16.3. The number of rotatable bonds is 3. The van der Waals surface area contributed by atoms with Crippen molar-refractivity contribution in [2.24, 2.45) is 0 Å². The Bertz CT molecular complexity index is 897. The van der Waals surface area contributed by atoms with Crippen LogP contribution in [0, 0.1) is 6.92 Å². The first-order chi connectivity index (χ1) is 11.9. The van der Waals surface area contributed by atoms with Crippen molar-refractivity contribution in [2.75, 3.05) is 0 Å². The molecule has 1 atom stereocenters. The highest BCUT2D eigenvalue weighted by Crippen LogP contribution is 2.32. The number of nitrogens with one attached hydrogen (secondary N) is 1. The zero-order valence-corrected chi connectivity index (χ0v) is 15.6. The molecular formula is C20H27N5. The molecule has 0 radical (unpaired) electrons. The van der Waals surface area contributed by atoms with Crippen molar-refractivity contribution in [1.29, 1.82) is 0 Å². The minimum Gasteiger partial charge on any atom is -0.304 e. The molecule has 5 heteroatoms. The number of imidazole rings is 1. The van der Waals surface area contributed by atoms with E-state index in [1.54, 1.807) is 0 Å². The highest BCUT2D eigenvalue weighted by Gasteiger charge is 2.27. The fraction of sp³-hybridized carbons (Fsp3) is 0.500. The summed E-state index contributed by atoms with van der Waals surface area (Å²) in [4.78, 5) is 4.53. The Morgan fingerprint density at radius 3 is 2.92 bits per heavy atom. The lowest BCUT2D eigenvalue weighted by molar-refractivity contribution is 0.334. The summed E-state index contributed by atoms with van der Waals surface area (Å²) in [7, 11) is 0. The molecule has 5 nitrogen and oxygen atoms in total. The van der Waals surface area contributed by atoms with E-state index in [0.717, 1.165) is 18.6 Å². The maximum atomic E-state index is 4.68. The molecular weight excluding hydrogens is 310 g/mol. The fourth-order valence-corrected chi connectivity index (χ4v) is 3.84. The van der Waals surface area contributed by atoms with Crippen LogP contribution in [0.3, 0.4) is 0 Å². The zero-order valence-electron chi connectivity index (χ0n) is 15.6. The van der Waals surface area contributed by atoms with Gasteiger partial charge in [0.1, 0.15) is 5.65 Å². The van der Waals surface area contributed by atoms with Gasteiger partial charge < -0.3 is 9.72 Å². The molecule has 0 saturated carbocycles. The summed E-state index contributed by atoms with van der Waals surface area (Å²) >= 11 is 0. The monoisotopic (exact) mass is 337 g/mol. The molecule has 25 heavy (non-hydrogen) atoms. The van der Waals surface area contributed by atoms with Gasteiger partial charge in [-0.3, -0.25) is 4.68 Å². The average Bonchev–Trinajstić information content (AvgIpc) is 3.16. The van der Waals surface area contributed by atoms with E-state index in [9.17, 15) is 0 Å². The molecule has 4 rings (SSSR count). The Labute approximate surface area is 149 Å². The number of aryl methyl sites for hydroxylation is 1. The van der Waals surface area contributed by atoms with Crippen molar-refractivity contribution in [1.82, 2.24) is 24.5 Å². The molecule has 0 aliphatic heterocycles. The highest BCUT2D eigenvalue weighted by atomic mass is 15.3. The SMILES string of the molecule is Cc1ccn2c(CN[C@@H]3CCCc4c3cnn4C(C)(C)C)cnc2c1. The third-order valence-electron chi connectivity index (χ3n) is 5.09. The molecule has 0 bridgehead atoms. The normalized spacial score (nSPS) is 17.8. The number of nitrogens with zero attached hydrogens (tertiary/aromatic N) is 4. The van der Waals surface area contributed by atoms with Gasteiger partial charge in [-0.1, -0.05) is 0 Å². The quantitative estimate of drug-likeness (QED) is 0.791. The van der Waals surface area contributed by atoms with Gasteiger partial charge in [0.15, 0.2) is 0 Å². The molecule has 1 aliphatic rings. The van der Waals surface area contributed by atoms with Crippen molar-refractivity contribution in [2.45, 2.75) is 65.1 Å². The maximum Gasteiger partial charge on any atom is 0.137 e. The molecule has 1 aliphatic carbocycles. The highest BCUT2D eigenvalue weighted by molar-refractivity contribution is 5.43. The van der Waals surface area contributed by atoms with E-state index in [1.807, 2.05) is 6.20 Å². The molecule has 1 N–H and O–H groups in total. The van der Waals surface area contributed by atoms with Gasteiger partial charge in [0.2, 0.25) is 0 Å². The van der Waals surface area contributed by atoms with Crippen LogP contribution in [-0.2, 0) is 18.5 Å². The summed E-state index contributed by atoms with van der Waals surface area (Å²) in [5, 5.41) is 8.42.